The molecule has 0 fully saturated rings. The first-order valence-corrected chi connectivity index (χ1v) is 6.27. The summed E-state index contributed by atoms with van der Waals surface area (Å²) in [4.78, 5) is 15.5. The minimum absolute atomic E-state index is 0.447. The largest absolute Gasteiger partial charge is 0.481 e. The van der Waals surface area contributed by atoms with Crippen LogP contribution in [0.2, 0.25) is 0 Å². The Morgan fingerprint density at radius 2 is 2.35 bits per heavy atom. The quantitative estimate of drug-likeness (QED) is 0.903. The lowest BCUT2D eigenvalue weighted by Crippen LogP contribution is -2.14. The van der Waals surface area contributed by atoms with Gasteiger partial charge in [-0.15, -0.1) is 11.3 Å². The van der Waals surface area contributed by atoms with Crippen molar-refractivity contribution in [3.8, 4) is 0 Å². The SMILES string of the molecule is Cc1cccc(C(Cc2cscn2)C(=O)O)c1. The molecule has 1 atom stereocenters. The molecule has 0 amide bonds. The van der Waals surface area contributed by atoms with Crippen molar-refractivity contribution in [2.75, 3.05) is 0 Å². The van der Waals surface area contributed by atoms with E-state index in [0.717, 1.165) is 16.8 Å². The highest BCUT2D eigenvalue weighted by Crippen LogP contribution is 2.22. The molecule has 1 unspecified atom stereocenters. The lowest BCUT2D eigenvalue weighted by molar-refractivity contribution is -0.138. The Kier molecular flexibility index (Phi) is 3.54. The Bertz CT molecular complexity index is 508. The zero-order chi connectivity index (χ0) is 12.3. The van der Waals surface area contributed by atoms with Crippen LogP contribution < -0.4 is 0 Å². The Morgan fingerprint density at radius 1 is 1.53 bits per heavy atom. The summed E-state index contributed by atoms with van der Waals surface area (Å²) in [7, 11) is 0. The summed E-state index contributed by atoms with van der Waals surface area (Å²) in [6.45, 7) is 1.96. The molecular formula is C13H13NO2S. The number of carboxylic acids is 1. The fraction of sp³-hybridized carbons (Fsp3) is 0.231. The van der Waals surface area contributed by atoms with Crippen molar-refractivity contribution in [2.24, 2.45) is 0 Å². The zero-order valence-electron chi connectivity index (χ0n) is 9.46. The molecule has 0 aliphatic rings. The number of aromatic nitrogens is 1. The molecule has 88 valence electrons. The van der Waals surface area contributed by atoms with E-state index in [0.29, 0.717) is 6.42 Å². The molecule has 0 radical (unpaired) electrons. The van der Waals surface area contributed by atoms with Gasteiger partial charge in [-0.05, 0) is 12.5 Å². The molecule has 1 aromatic carbocycles. The summed E-state index contributed by atoms with van der Waals surface area (Å²) in [5.41, 5.74) is 4.48. The van der Waals surface area contributed by atoms with Crippen LogP contribution in [0.15, 0.2) is 35.2 Å². The highest BCUT2D eigenvalue weighted by Gasteiger charge is 2.21. The molecule has 17 heavy (non-hydrogen) atoms. The number of hydrogen-bond donors (Lipinski definition) is 1. The van der Waals surface area contributed by atoms with Crippen LogP contribution >= 0.6 is 11.3 Å². The Morgan fingerprint density at radius 3 is 2.94 bits per heavy atom. The Balaban J connectivity index is 2.26. The summed E-state index contributed by atoms with van der Waals surface area (Å²) in [5, 5.41) is 11.2. The highest BCUT2D eigenvalue weighted by molar-refractivity contribution is 7.07. The normalized spacial score (nSPS) is 12.3. The molecule has 1 N–H and O–H groups in total. The summed E-state index contributed by atoms with van der Waals surface area (Å²) in [6.07, 6.45) is 0.447. The van der Waals surface area contributed by atoms with Gasteiger partial charge in [-0.25, -0.2) is 4.98 Å². The van der Waals surface area contributed by atoms with Crippen molar-refractivity contribution >= 4 is 17.3 Å². The van der Waals surface area contributed by atoms with Gasteiger partial charge in [0.15, 0.2) is 0 Å². The molecule has 1 aromatic heterocycles. The number of carbonyl (C=O) groups is 1. The Labute approximate surface area is 104 Å². The number of rotatable bonds is 4. The average Bonchev–Trinajstić information content (AvgIpc) is 2.78. The van der Waals surface area contributed by atoms with E-state index in [1.807, 2.05) is 36.6 Å². The lowest BCUT2D eigenvalue weighted by Gasteiger charge is -2.11. The number of aryl methyl sites for hydroxylation is 1. The third kappa shape index (κ3) is 2.91. The summed E-state index contributed by atoms with van der Waals surface area (Å²) < 4.78 is 0. The van der Waals surface area contributed by atoms with Crippen molar-refractivity contribution in [1.29, 1.82) is 0 Å². The van der Waals surface area contributed by atoms with E-state index >= 15 is 0 Å². The Hall–Kier alpha value is -1.68. The van der Waals surface area contributed by atoms with E-state index in [9.17, 15) is 9.90 Å². The first-order chi connectivity index (χ1) is 8.16. The minimum atomic E-state index is -0.802. The van der Waals surface area contributed by atoms with Gasteiger partial charge in [0.2, 0.25) is 0 Å². The van der Waals surface area contributed by atoms with Crippen LogP contribution in [-0.2, 0) is 11.2 Å². The van der Waals surface area contributed by atoms with Crippen LogP contribution in [0, 0.1) is 6.92 Å². The van der Waals surface area contributed by atoms with Gasteiger partial charge in [-0.3, -0.25) is 4.79 Å². The van der Waals surface area contributed by atoms with Crippen molar-refractivity contribution in [3.63, 3.8) is 0 Å². The average molecular weight is 247 g/mol. The van der Waals surface area contributed by atoms with Crippen LogP contribution in [0.1, 0.15) is 22.7 Å². The second-order valence-corrected chi connectivity index (χ2v) is 4.71. The molecule has 0 aliphatic heterocycles. The number of benzene rings is 1. The monoisotopic (exact) mass is 247 g/mol. The van der Waals surface area contributed by atoms with E-state index in [-0.39, 0.29) is 0 Å². The molecule has 0 bridgehead atoms. The van der Waals surface area contributed by atoms with Crippen LogP contribution in [0.5, 0.6) is 0 Å². The van der Waals surface area contributed by atoms with Gasteiger partial charge in [-0.2, -0.15) is 0 Å². The molecule has 2 rings (SSSR count). The zero-order valence-corrected chi connectivity index (χ0v) is 10.3. The van der Waals surface area contributed by atoms with Gasteiger partial charge in [0, 0.05) is 11.8 Å². The number of carboxylic acid groups (broad SMARTS) is 1. The number of nitrogens with zero attached hydrogens (tertiary/aromatic N) is 1. The fourth-order valence-electron chi connectivity index (χ4n) is 1.78. The molecule has 4 heteroatoms. The molecule has 0 saturated heterocycles. The van der Waals surface area contributed by atoms with Gasteiger partial charge in [0.25, 0.3) is 0 Å². The third-order valence-corrected chi connectivity index (χ3v) is 3.27. The van der Waals surface area contributed by atoms with Crippen molar-refractivity contribution in [3.05, 3.63) is 52.0 Å². The predicted molar refractivity (Wildman–Crippen MR) is 67.4 cm³/mol. The highest BCUT2D eigenvalue weighted by atomic mass is 32.1. The van der Waals surface area contributed by atoms with Gasteiger partial charge in [0.1, 0.15) is 0 Å². The summed E-state index contributed by atoms with van der Waals surface area (Å²) >= 11 is 1.49. The van der Waals surface area contributed by atoms with Crippen LogP contribution in [0.4, 0.5) is 0 Å². The van der Waals surface area contributed by atoms with Crippen LogP contribution in [0.25, 0.3) is 0 Å². The van der Waals surface area contributed by atoms with E-state index in [1.165, 1.54) is 11.3 Å². The van der Waals surface area contributed by atoms with Gasteiger partial charge < -0.3 is 5.11 Å². The van der Waals surface area contributed by atoms with E-state index in [1.54, 1.807) is 5.51 Å². The van der Waals surface area contributed by atoms with Crippen LogP contribution in [-0.4, -0.2) is 16.1 Å². The number of thiazole rings is 1. The maximum atomic E-state index is 11.3. The molecule has 0 saturated carbocycles. The lowest BCUT2D eigenvalue weighted by atomic mass is 9.93. The maximum absolute atomic E-state index is 11.3. The number of hydrogen-bond acceptors (Lipinski definition) is 3. The van der Waals surface area contributed by atoms with E-state index in [2.05, 4.69) is 4.98 Å². The first kappa shape index (κ1) is 11.8. The molecule has 3 nitrogen and oxygen atoms in total. The topological polar surface area (TPSA) is 50.2 Å². The van der Waals surface area contributed by atoms with E-state index in [4.69, 9.17) is 0 Å². The fourth-order valence-corrected chi connectivity index (χ4v) is 2.35. The summed E-state index contributed by atoms with van der Waals surface area (Å²) in [6, 6.07) is 7.64. The smallest absolute Gasteiger partial charge is 0.311 e. The third-order valence-electron chi connectivity index (χ3n) is 2.64. The van der Waals surface area contributed by atoms with E-state index < -0.39 is 11.9 Å². The van der Waals surface area contributed by atoms with Gasteiger partial charge >= 0.3 is 5.97 Å². The molecule has 0 aliphatic carbocycles. The molecule has 1 heterocycles. The van der Waals surface area contributed by atoms with Gasteiger partial charge in [0.05, 0.1) is 17.1 Å². The van der Waals surface area contributed by atoms with Crippen molar-refractivity contribution in [1.82, 2.24) is 4.98 Å². The van der Waals surface area contributed by atoms with Gasteiger partial charge in [-0.1, -0.05) is 29.8 Å². The predicted octanol–water partition coefficient (Wildman–Crippen LogP) is 2.86. The maximum Gasteiger partial charge on any atom is 0.311 e. The number of aliphatic carboxylic acids is 1. The summed E-state index contributed by atoms with van der Waals surface area (Å²) in [5.74, 6) is -1.32. The standard InChI is InChI=1S/C13H13NO2S/c1-9-3-2-4-10(5-9)12(13(15)16)6-11-7-17-8-14-11/h2-5,7-8,12H,6H2,1H3,(H,15,16). The second kappa shape index (κ2) is 5.10. The minimum Gasteiger partial charge on any atom is -0.481 e. The second-order valence-electron chi connectivity index (χ2n) is 3.99. The molecular weight excluding hydrogens is 234 g/mol. The molecule has 0 spiro atoms. The van der Waals surface area contributed by atoms with Crippen LogP contribution in [0.3, 0.4) is 0 Å². The first-order valence-electron chi connectivity index (χ1n) is 5.33. The van der Waals surface area contributed by atoms with Crippen molar-refractivity contribution in [2.45, 2.75) is 19.3 Å². The molecule has 2 aromatic rings. The van der Waals surface area contributed by atoms with Crippen molar-refractivity contribution < 1.29 is 9.90 Å².